The number of nitrogens with zero attached hydrogens (tertiary/aromatic N) is 1. The van der Waals surface area contributed by atoms with Crippen LogP contribution in [0.1, 0.15) is 18.9 Å². The fourth-order valence-electron chi connectivity index (χ4n) is 1.36. The zero-order chi connectivity index (χ0) is 12.8. The van der Waals surface area contributed by atoms with Crippen molar-refractivity contribution in [1.29, 1.82) is 5.26 Å². The largest absolute Gasteiger partial charge is 0.384 e. The van der Waals surface area contributed by atoms with Gasteiger partial charge in [0.05, 0.1) is 11.3 Å². The summed E-state index contributed by atoms with van der Waals surface area (Å²) in [5.41, 5.74) is 1.42. The molecule has 0 fully saturated rings. The van der Waals surface area contributed by atoms with Crippen molar-refractivity contribution in [1.82, 2.24) is 0 Å². The van der Waals surface area contributed by atoms with Crippen molar-refractivity contribution in [2.75, 3.05) is 18.1 Å². The van der Waals surface area contributed by atoms with E-state index in [1.807, 2.05) is 25.1 Å². The minimum atomic E-state index is -0.794. The van der Waals surface area contributed by atoms with Crippen LogP contribution in [0.15, 0.2) is 22.7 Å². The number of benzene rings is 1. The first kappa shape index (κ1) is 14.2. The fraction of sp³-hybridized carbons (Fsp3) is 0.417. The molecule has 0 radical (unpaired) electrons. The first-order valence-corrected chi connectivity index (χ1v) is 7.72. The van der Waals surface area contributed by atoms with Crippen LogP contribution < -0.4 is 5.32 Å². The smallest absolute Gasteiger partial charge is 0.103 e. The van der Waals surface area contributed by atoms with Crippen LogP contribution in [0, 0.1) is 11.3 Å². The summed E-state index contributed by atoms with van der Waals surface area (Å²) in [6, 6.07) is 7.75. The molecule has 0 aliphatic rings. The van der Waals surface area contributed by atoms with E-state index in [2.05, 4.69) is 27.3 Å². The molecule has 0 saturated heterocycles. The van der Waals surface area contributed by atoms with E-state index in [0.717, 1.165) is 16.6 Å². The molecule has 1 aromatic carbocycles. The van der Waals surface area contributed by atoms with Gasteiger partial charge >= 0.3 is 0 Å². The number of rotatable bonds is 5. The highest BCUT2D eigenvalue weighted by molar-refractivity contribution is 9.10. The first-order chi connectivity index (χ1) is 8.06. The average molecular weight is 315 g/mol. The predicted molar refractivity (Wildman–Crippen MR) is 75.5 cm³/mol. The number of anilines is 1. The maximum atomic E-state index is 11.2. The SMILES string of the molecule is CC(CCNc1cccc(Br)c1C#N)S(C)=O. The van der Waals surface area contributed by atoms with Crippen molar-refractivity contribution in [2.45, 2.75) is 18.6 Å². The summed E-state index contributed by atoms with van der Waals surface area (Å²) < 4.78 is 12.0. The third-order valence-corrected chi connectivity index (χ3v) is 4.59. The van der Waals surface area contributed by atoms with Gasteiger partial charge in [-0.3, -0.25) is 4.21 Å². The summed E-state index contributed by atoms with van der Waals surface area (Å²) >= 11 is 3.34. The number of nitrogens with one attached hydrogen (secondary N) is 1. The van der Waals surface area contributed by atoms with Gasteiger partial charge in [0, 0.05) is 33.3 Å². The van der Waals surface area contributed by atoms with Crippen LogP contribution in [0.2, 0.25) is 0 Å². The summed E-state index contributed by atoms with van der Waals surface area (Å²) in [5, 5.41) is 12.4. The van der Waals surface area contributed by atoms with Gasteiger partial charge in [0.25, 0.3) is 0 Å². The van der Waals surface area contributed by atoms with Crippen LogP contribution in [-0.4, -0.2) is 22.3 Å². The lowest BCUT2D eigenvalue weighted by Crippen LogP contribution is -2.15. The monoisotopic (exact) mass is 314 g/mol. The molecule has 1 aromatic rings. The Kier molecular flexibility index (Phi) is 5.66. The molecule has 0 aromatic heterocycles. The Morgan fingerprint density at radius 2 is 2.29 bits per heavy atom. The molecule has 5 heteroatoms. The molecule has 0 spiro atoms. The molecule has 0 saturated carbocycles. The van der Waals surface area contributed by atoms with E-state index < -0.39 is 10.8 Å². The molecule has 0 bridgehead atoms. The van der Waals surface area contributed by atoms with E-state index in [-0.39, 0.29) is 5.25 Å². The molecule has 17 heavy (non-hydrogen) atoms. The first-order valence-electron chi connectivity index (χ1n) is 5.31. The van der Waals surface area contributed by atoms with E-state index in [4.69, 9.17) is 5.26 Å². The third kappa shape index (κ3) is 4.14. The van der Waals surface area contributed by atoms with E-state index in [1.54, 1.807) is 6.26 Å². The van der Waals surface area contributed by atoms with Crippen molar-refractivity contribution >= 4 is 32.4 Å². The van der Waals surface area contributed by atoms with Gasteiger partial charge in [-0.25, -0.2) is 0 Å². The van der Waals surface area contributed by atoms with Crippen molar-refractivity contribution in [3.8, 4) is 6.07 Å². The standard InChI is InChI=1S/C12H15BrN2OS/c1-9(17(2)16)6-7-15-12-5-3-4-11(13)10(12)8-14/h3-5,9,15H,6-7H2,1-2H3. The average Bonchev–Trinajstić information content (AvgIpc) is 2.29. The molecule has 0 aliphatic carbocycles. The van der Waals surface area contributed by atoms with Crippen molar-refractivity contribution < 1.29 is 4.21 Å². The highest BCUT2D eigenvalue weighted by Crippen LogP contribution is 2.23. The van der Waals surface area contributed by atoms with Gasteiger partial charge < -0.3 is 5.32 Å². The van der Waals surface area contributed by atoms with Gasteiger partial charge in [-0.2, -0.15) is 5.26 Å². The molecule has 2 unspecified atom stereocenters. The molecule has 2 atom stereocenters. The normalized spacial score (nSPS) is 13.8. The summed E-state index contributed by atoms with van der Waals surface area (Å²) in [5.74, 6) is 0. The van der Waals surface area contributed by atoms with Crippen LogP contribution >= 0.6 is 15.9 Å². The van der Waals surface area contributed by atoms with Crippen molar-refractivity contribution in [3.05, 3.63) is 28.2 Å². The lowest BCUT2D eigenvalue weighted by molar-refractivity contribution is 0.672. The second-order valence-corrected chi connectivity index (χ2v) is 6.46. The Morgan fingerprint density at radius 3 is 2.88 bits per heavy atom. The zero-order valence-electron chi connectivity index (χ0n) is 9.87. The third-order valence-electron chi connectivity index (χ3n) is 2.56. The molecule has 0 heterocycles. The lowest BCUT2D eigenvalue weighted by atomic mass is 10.2. The molecule has 92 valence electrons. The Labute approximate surface area is 113 Å². The minimum absolute atomic E-state index is 0.167. The van der Waals surface area contributed by atoms with Crippen molar-refractivity contribution in [3.63, 3.8) is 0 Å². The Morgan fingerprint density at radius 1 is 1.59 bits per heavy atom. The Balaban J connectivity index is 2.62. The number of hydrogen-bond donors (Lipinski definition) is 1. The van der Waals surface area contributed by atoms with Crippen LogP contribution in [0.3, 0.4) is 0 Å². The lowest BCUT2D eigenvalue weighted by Gasteiger charge is -2.11. The molecule has 0 aliphatic heterocycles. The molecular formula is C12H15BrN2OS. The summed E-state index contributed by atoms with van der Waals surface area (Å²) in [6.07, 6.45) is 2.53. The predicted octanol–water partition coefficient (Wildman–Crippen LogP) is 2.89. The zero-order valence-corrected chi connectivity index (χ0v) is 12.3. The van der Waals surface area contributed by atoms with Gasteiger partial charge in [-0.05, 0) is 34.5 Å². The van der Waals surface area contributed by atoms with Gasteiger partial charge in [-0.1, -0.05) is 13.0 Å². The molecule has 0 amide bonds. The van der Waals surface area contributed by atoms with Crippen LogP contribution in [-0.2, 0) is 10.8 Å². The molecule has 1 rings (SSSR count). The van der Waals surface area contributed by atoms with E-state index >= 15 is 0 Å². The van der Waals surface area contributed by atoms with Gasteiger partial charge in [0.1, 0.15) is 6.07 Å². The number of halogens is 1. The van der Waals surface area contributed by atoms with Crippen LogP contribution in [0.5, 0.6) is 0 Å². The van der Waals surface area contributed by atoms with Crippen molar-refractivity contribution in [2.24, 2.45) is 0 Å². The van der Waals surface area contributed by atoms with E-state index in [1.165, 1.54) is 0 Å². The number of nitriles is 1. The van der Waals surface area contributed by atoms with Crippen LogP contribution in [0.25, 0.3) is 0 Å². The molecule has 3 nitrogen and oxygen atoms in total. The summed E-state index contributed by atoms with van der Waals surface area (Å²) in [4.78, 5) is 0. The minimum Gasteiger partial charge on any atom is -0.384 e. The topological polar surface area (TPSA) is 52.9 Å². The highest BCUT2D eigenvalue weighted by atomic mass is 79.9. The number of hydrogen-bond acceptors (Lipinski definition) is 3. The van der Waals surface area contributed by atoms with Gasteiger partial charge in [0.15, 0.2) is 0 Å². The molecule has 1 N–H and O–H groups in total. The summed E-state index contributed by atoms with van der Waals surface area (Å²) in [7, 11) is -0.794. The maximum Gasteiger partial charge on any atom is 0.103 e. The van der Waals surface area contributed by atoms with E-state index in [9.17, 15) is 4.21 Å². The van der Waals surface area contributed by atoms with Gasteiger partial charge in [0.2, 0.25) is 0 Å². The molecular weight excluding hydrogens is 300 g/mol. The Hall–Kier alpha value is -0.860. The van der Waals surface area contributed by atoms with Gasteiger partial charge in [-0.15, -0.1) is 0 Å². The highest BCUT2D eigenvalue weighted by Gasteiger charge is 2.08. The second-order valence-electron chi connectivity index (χ2n) is 3.80. The second kappa shape index (κ2) is 6.77. The maximum absolute atomic E-state index is 11.2. The van der Waals surface area contributed by atoms with Crippen LogP contribution in [0.4, 0.5) is 5.69 Å². The Bertz CT molecular complexity index is 456. The fourth-order valence-corrected chi connectivity index (χ4v) is 2.27. The quantitative estimate of drug-likeness (QED) is 0.909. The summed E-state index contributed by atoms with van der Waals surface area (Å²) in [6.45, 7) is 2.68. The van der Waals surface area contributed by atoms with E-state index in [0.29, 0.717) is 12.1 Å².